The van der Waals surface area contributed by atoms with Crippen molar-refractivity contribution in [3.8, 4) is 0 Å². The number of aromatic nitrogens is 2. The highest BCUT2D eigenvalue weighted by Gasteiger charge is 1.98. The van der Waals surface area contributed by atoms with Gasteiger partial charge in [0.25, 0.3) is 0 Å². The maximum Gasteiger partial charge on any atom is 0.190 e. The fourth-order valence-corrected chi connectivity index (χ4v) is 2.38. The van der Waals surface area contributed by atoms with Crippen molar-refractivity contribution in [3.63, 3.8) is 0 Å². The molecule has 0 amide bonds. The number of hydrogen-bond donors (Lipinski definition) is 2. The number of aliphatic imine (C=N–C) groups is 1. The zero-order valence-corrected chi connectivity index (χ0v) is 14.3. The molecular formula is C17H24ClN5. The van der Waals surface area contributed by atoms with E-state index in [9.17, 15) is 0 Å². The second-order valence-corrected chi connectivity index (χ2v) is 5.71. The Morgan fingerprint density at radius 2 is 1.91 bits per heavy atom. The molecule has 0 unspecified atom stereocenters. The lowest BCUT2D eigenvalue weighted by molar-refractivity contribution is 0.570. The summed E-state index contributed by atoms with van der Waals surface area (Å²) in [5.74, 6) is 0.849. The molecule has 0 aliphatic heterocycles. The summed E-state index contributed by atoms with van der Waals surface area (Å²) in [6.45, 7) is 2.67. The van der Waals surface area contributed by atoms with Crippen LogP contribution in [0.5, 0.6) is 0 Å². The maximum atomic E-state index is 5.88. The molecule has 0 radical (unpaired) electrons. The van der Waals surface area contributed by atoms with E-state index in [2.05, 4.69) is 32.9 Å². The second kappa shape index (κ2) is 9.90. The Bertz CT molecular complexity index is 578. The van der Waals surface area contributed by atoms with Crippen molar-refractivity contribution in [3.05, 3.63) is 53.3 Å². The molecule has 2 aromatic rings. The van der Waals surface area contributed by atoms with E-state index in [-0.39, 0.29) is 0 Å². The van der Waals surface area contributed by atoms with E-state index in [1.807, 2.05) is 29.1 Å². The van der Waals surface area contributed by atoms with Gasteiger partial charge in [-0.3, -0.25) is 9.67 Å². The third-order valence-electron chi connectivity index (χ3n) is 3.49. The normalized spacial score (nSPS) is 11.5. The first-order valence-electron chi connectivity index (χ1n) is 7.94. The van der Waals surface area contributed by atoms with Crippen LogP contribution in [-0.2, 0) is 13.0 Å². The van der Waals surface area contributed by atoms with Gasteiger partial charge in [0.05, 0.1) is 0 Å². The van der Waals surface area contributed by atoms with Gasteiger partial charge in [0.1, 0.15) is 0 Å². The van der Waals surface area contributed by atoms with Gasteiger partial charge in [-0.05, 0) is 43.0 Å². The number of hydrogen-bond acceptors (Lipinski definition) is 2. The van der Waals surface area contributed by atoms with Gasteiger partial charge in [-0.1, -0.05) is 23.7 Å². The van der Waals surface area contributed by atoms with E-state index in [0.717, 1.165) is 49.9 Å². The molecule has 1 aromatic heterocycles. The SMILES string of the molecule is CN=C(NCCCc1ccc(Cl)cc1)NCCCn1cccn1. The van der Waals surface area contributed by atoms with Crippen LogP contribution in [0.2, 0.25) is 5.02 Å². The van der Waals surface area contributed by atoms with Crippen LogP contribution in [0.1, 0.15) is 18.4 Å². The third kappa shape index (κ3) is 6.74. The van der Waals surface area contributed by atoms with Crippen LogP contribution < -0.4 is 10.6 Å². The molecule has 0 aliphatic carbocycles. The van der Waals surface area contributed by atoms with Crippen molar-refractivity contribution >= 4 is 17.6 Å². The summed E-state index contributed by atoms with van der Waals surface area (Å²) >= 11 is 5.88. The lowest BCUT2D eigenvalue weighted by Gasteiger charge is -2.12. The molecule has 0 aliphatic rings. The number of aryl methyl sites for hydroxylation is 2. The average molecular weight is 334 g/mol. The van der Waals surface area contributed by atoms with Gasteiger partial charge >= 0.3 is 0 Å². The molecule has 0 bridgehead atoms. The molecule has 23 heavy (non-hydrogen) atoms. The molecule has 124 valence electrons. The highest BCUT2D eigenvalue weighted by molar-refractivity contribution is 6.30. The summed E-state index contributed by atoms with van der Waals surface area (Å²) in [4.78, 5) is 4.23. The number of rotatable bonds is 8. The topological polar surface area (TPSA) is 54.2 Å². The minimum atomic E-state index is 0.784. The first-order valence-corrected chi connectivity index (χ1v) is 8.32. The standard InChI is InChI=1S/C17H24ClN5/c1-19-17(21-11-3-13-23-14-4-12-22-23)20-10-2-5-15-6-8-16(18)9-7-15/h4,6-9,12,14H,2-3,5,10-11,13H2,1H3,(H2,19,20,21). The molecule has 2 N–H and O–H groups in total. The van der Waals surface area contributed by atoms with Crippen LogP contribution in [0, 0.1) is 0 Å². The molecule has 0 saturated heterocycles. The molecule has 6 heteroatoms. The van der Waals surface area contributed by atoms with E-state index < -0.39 is 0 Å². The third-order valence-corrected chi connectivity index (χ3v) is 3.74. The van der Waals surface area contributed by atoms with Crippen molar-refractivity contribution < 1.29 is 0 Å². The van der Waals surface area contributed by atoms with Gasteiger partial charge in [-0.25, -0.2) is 0 Å². The van der Waals surface area contributed by atoms with E-state index in [1.54, 1.807) is 13.2 Å². The summed E-state index contributed by atoms with van der Waals surface area (Å²) in [6.07, 6.45) is 6.86. The Morgan fingerprint density at radius 3 is 2.57 bits per heavy atom. The Labute approximate surface area is 142 Å². The molecular weight excluding hydrogens is 310 g/mol. The fraction of sp³-hybridized carbons (Fsp3) is 0.412. The fourth-order valence-electron chi connectivity index (χ4n) is 2.25. The van der Waals surface area contributed by atoms with Crippen LogP contribution in [-0.4, -0.2) is 35.9 Å². The number of guanidine groups is 1. The monoisotopic (exact) mass is 333 g/mol. The smallest absolute Gasteiger partial charge is 0.190 e. The molecule has 5 nitrogen and oxygen atoms in total. The van der Waals surface area contributed by atoms with Crippen molar-refractivity contribution in [2.45, 2.75) is 25.8 Å². The lowest BCUT2D eigenvalue weighted by Crippen LogP contribution is -2.38. The van der Waals surface area contributed by atoms with Crippen molar-refractivity contribution in [2.75, 3.05) is 20.1 Å². The van der Waals surface area contributed by atoms with Gasteiger partial charge in [-0.15, -0.1) is 0 Å². The molecule has 1 aromatic carbocycles. The molecule has 0 spiro atoms. The van der Waals surface area contributed by atoms with Crippen molar-refractivity contribution in [1.29, 1.82) is 0 Å². The first kappa shape index (κ1) is 17.3. The van der Waals surface area contributed by atoms with Crippen molar-refractivity contribution in [1.82, 2.24) is 20.4 Å². The maximum absolute atomic E-state index is 5.88. The quantitative estimate of drug-likeness (QED) is 0.443. The number of benzene rings is 1. The van der Waals surface area contributed by atoms with E-state index in [0.29, 0.717) is 0 Å². The van der Waals surface area contributed by atoms with Gasteiger partial charge in [-0.2, -0.15) is 5.10 Å². The van der Waals surface area contributed by atoms with Gasteiger partial charge in [0.2, 0.25) is 0 Å². The molecule has 0 atom stereocenters. The summed E-state index contributed by atoms with van der Waals surface area (Å²) < 4.78 is 1.93. The molecule has 0 saturated carbocycles. The minimum Gasteiger partial charge on any atom is -0.356 e. The molecule has 1 heterocycles. The Kier molecular flexibility index (Phi) is 7.46. The van der Waals surface area contributed by atoms with E-state index in [1.165, 1.54) is 5.56 Å². The highest BCUT2D eigenvalue weighted by Crippen LogP contribution is 2.10. The molecule has 0 fully saturated rings. The zero-order chi connectivity index (χ0) is 16.3. The van der Waals surface area contributed by atoms with E-state index in [4.69, 9.17) is 11.6 Å². The van der Waals surface area contributed by atoms with Gasteiger partial charge in [0, 0.05) is 44.1 Å². The van der Waals surface area contributed by atoms with Crippen LogP contribution in [0.3, 0.4) is 0 Å². The highest BCUT2D eigenvalue weighted by atomic mass is 35.5. The van der Waals surface area contributed by atoms with E-state index >= 15 is 0 Å². The first-order chi connectivity index (χ1) is 11.3. The number of nitrogens with one attached hydrogen (secondary N) is 2. The largest absolute Gasteiger partial charge is 0.356 e. The number of halogens is 1. The van der Waals surface area contributed by atoms with Crippen LogP contribution >= 0.6 is 11.6 Å². The van der Waals surface area contributed by atoms with Crippen LogP contribution in [0.25, 0.3) is 0 Å². The predicted molar refractivity (Wildman–Crippen MR) is 96.0 cm³/mol. The molecule has 2 rings (SSSR count). The summed E-state index contributed by atoms with van der Waals surface area (Å²) in [7, 11) is 1.79. The van der Waals surface area contributed by atoms with Gasteiger partial charge < -0.3 is 10.6 Å². The predicted octanol–water partition coefficient (Wildman–Crippen LogP) is 2.72. The lowest BCUT2D eigenvalue weighted by atomic mass is 10.1. The average Bonchev–Trinajstić information content (AvgIpc) is 3.08. The van der Waals surface area contributed by atoms with Crippen LogP contribution in [0.15, 0.2) is 47.7 Å². The Balaban J connectivity index is 1.56. The Morgan fingerprint density at radius 1 is 1.17 bits per heavy atom. The zero-order valence-electron chi connectivity index (χ0n) is 13.5. The number of nitrogens with zero attached hydrogens (tertiary/aromatic N) is 3. The summed E-state index contributed by atoms with van der Waals surface area (Å²) in [5.41, 5.74) is 1.30. The summed E-state index contributed by atoms with van der Waals surface area (Å²) in [6, 6.07) is 9.96. The van der Waals surface area contributed by atoms with Crippen molar-refractivity contribution in [2.24, 2.45) is 4.99 Å². The second-order valence-electron chi connectivity index (χ2n) is 5.28. The summed E-state index contributed by atoms with van der Waals surface area (Å²) in [5, 5.41) is 11.6. The van der Waals surface area contributed by atoms with Gasteiger partial charge in [0.15, 0.2) is 5.96 Å². The minimum absolute atomic E-state index is 0.784. The Hall–Kier alpha value is -2.01. The van der Waals surface area contributed by atoms with Crippen LogP contribution in [0.4, 0.5) is 0 Å².